The zero-order valence-electron chi connectivity index (χ0n) is 22.7. The van der Waals surface area contributed by atoms with Crippen LogP contribution in [-0.2, 0) is 42.9 Å². The first-order valence-corrected chi connectivity index (χ1v) is 13.0. The largest absolute Gasteiger partial charge is 0.463 e. The van der Waals surface area contributed by atoms with E-state index in [-0.39, 0.29) is 43.6 Å². The fourth-order valence-corrected chi connectivity index (χ4v) is 3.52. The molecule has 0 aromatic heterocycles. The molecule has 0 aliphatic carbocycles. The molecule has 0 radical (unpaired) electrons. The lowest BCUT2D eigenvalue weighted by Crippen LogP contribution is -2.62. The molecular formula is C26H44O10. The number of carbonyl (C=O) groups is 4. The molecule has 0 bridgehead atoms. The topological polar surface area (TPSA) is 135 Å². The van der Waals surface area contributed by atoms with Crippen LogP contribution in [0.15, 0.2) is 0 Å². The molecule has 208 valence electrons. The first-order chi connectivity index (χ1) is 16.9. The van der Waals surface area contributed by atoms with Gasteiger partial charge in [-0.15, -0.1) is 0 Å². The first kappa shape index (κ1) is 31.8. The molecule has 8 atom stereocenters. The molecule has 1 aliphatic heterocycles. The quantitative estimate of drug-likeness (QED) is 0.271. The second-order valence-corrected chi connectivity index (χ2v) is 9.88. The van der Waals surface area contributed by atoms with Crippen LogP contribution in [0.5, 0.6) is 0 Å². The van der Waals surface area contributed by atoms with Gasteiger partial charge in [0.15, 0.2) is 24.6 Å². The Hall–Kier alpha value is -2.20. The average molecular weight is 517 g/mol. The molecule has 1 aliphatic rings. The first-order valence-electron chi connectivity index (χ1n) is 13.0. The number of carbonyl (C=O) groups excluding carboxylic acids is 4. The Morgan fingerprint density at radius 3 is 1.50 bits per heavy atom. The number of hydrogen-bond donors (Lipinski definition) is 1. The van der Waals surface area contributed by atoms with E-state index in [1.165, 1.54) is 6.92 Å². The van der Waals surface area contributed by atoms with Crippen LogP contribution in [0.1, 0.15) is 87.0 Å². The molecule has 10 nitrogen and oxygen atoms in total. The van der Waals surface area contributed by atoms with Crippen molar-refractivity contribution >= 4 is 23.9 Å². The zero-order valence-corrected chi connectivity index (χ0v) is 22.7. The SMILES string of the molecule is CC[C@@H](C)CC(=O)O[C@@H]1[C@@H](OC(=O)C[C@@H](C)CC)[C@H](O)O[C@H](COC(C)=O)[C@H]1OC(=O)C[C@H](C)CC. The van der Waals surface area contributed by atoms with E-state index in [1.807, 2.05) is 41.5 Å². The summed E-state index contributed by atoms with van der Waals surface area (Å²) in [5.41, 5.74) is 0. The number of aliphatic hydroxyl groups is 1. The predicted octanol–water partition coefficient (Wildman–Crippen LogP) is 3.31. The van der Waals surface area contributed by atoms with Crippen molar-refractivity contribution in [2.45, 2.75) is 118 Å². The highest BCUT2D eigenvalue weighted by molar-refractivity contribution is 5.72. The second-order valence-electron chi connectivity index (χ2n) is 9.88. The Morgan fingerprint density at radius 2 is 1.11 bits per heavy atom. The molecule has 0 aromatic rings. The summed E-state index contributed by atoms with van der Waals surface area (Å²) in [5, 5.41) is 10.7. The molecule has 1 heterocycles. The minimum atomic E-state index is -1.70. The third kappa shape index (κ3) is 10.8. The predicted molar refractivity (Wildman–Crippen MR) is 129 cm³/mol. The van der Waals surface area contributed by atoms with Crippen molar-refractivity contribution in [3.05, 3.63) is 0 Å². The van der Waals surface area contributed by atoms with Gasteiger partial charge in [-0.1, -0.05) is 60.8 Å². The maximum atomic E-state index is 12.8. The molecule has 1 rings (SSSR count). The lowest BCUT2D eigenvalue weighted by atomic mass is 9.97. The van der Waals surface area contributed by atoms with E-state index in [0.717, 1.165) is 19.3 Å². The van der Waals surface area contributed by atoms with E-state index in [0.29, 0.717) is 0 Å². The number of rotatable bonds is 14. The monoisotopic (exact) mass is 516 g/mol. The Balaban J connectivity index is 3.30. The number of esters is 4. The second kappa shape index (κ2) is 15.8. The molecule has 0 saturated carbocycles. The van der Waals surface area contributed by atoms with Crippen LogP contribution >= 0.6 is 0 Å². The summed E-state index contributed by atoms with van der Waals surface area (Å²) in [5.74, 6) is -2.29. The van der Waals surface area contributed by atoms with Gasteiger partial charge in [0.05, 0.1) is 0 Å². The van der Waals surface area contributed by atoms with Crippen LogP contribution in [0.25, 0.3) is 0 Å². The van der Waals surface area contributed by atoms with Gasteiger partial charge in [-0.25, -0.2) is 0 Å². The molecule has 1 fully saturated rings. The highest BCUT2D eigenvalue weighted by Crippen LogP contribution is 2.30. The van der Waals surface area contributed by atoms with Gasteiger partial charge < -0.3 is 28.8 Å². The Kier molecular flexibility index (Phi) is 14.0. The summed E-state index contributed by atoms with van der Waals surface area (Å²) in [6.45, 7) is 12.3. The van der Waals surface area contributed by atoms with Gasteiger partial charge in [0.25, 0.3) is 0 Å². The molecule has 10 heteroatoms. The Morgan fingerprint density at radius 1 is 0.722 bits per heavy atom. The van der Waals surface area contributed by atoms with Crippen molar-refractivity contribution in [1.29, 1.82) is 0 Å². The van der Waals surface area contributed by atoms with E-state index in [9.17, 15) is 24.3 Å². The summed E-state index contributed by atoms with van der Waals surface area (Å²) < 4.78 is 27.5. The molecule has 36 heavy (non-hydrogen) atoms. The van der Waals surface area contributed by atoms with Crippen molar-refractivity contribution in [3.63, 3.8) is 0 Å². The van der Waals surface area contributed by atoms with E-state index < -0.39 is 54.6 Å². The van der Waals surface area contributed by atoms with Gasteiger partial charge in [-0.05, 0) is 17.8 Å². The Bertz CT molecular complexity index is 724. The van der Waals surface area contributed by atoms with Crippen LogP contribution < -0.4 is 0 Å². The van der Waals surface area contributed by atoms with Crippen LogP contribution in [0, 0.1) is 17.8 Å². The van der Waals surface area contributed by atoms with Gasteiger partial charge in [0.1, 0.15) is 12.7 Å². The van der Waals surface area contributed by atoms with Crippen LogP contribution in [0.3, 0.4) is 0 Å². The minimum absolute atomic E-state index is 0.0249. The standard InChI is InChI=1S/C26H44O10/c1-8-15(4)11-20(28)34-23-19(14-32-18(7)27)33-26(31)25(36-22(30)13-17(6)10-3)24(23)35-21(29)12-16(5)9-2/h15-17,19,23-26,31H,8-14H2,1-7H3/t15-,16-,17+,19-,23-,24+,25-,26-/m1/s1. The maximum absolute atomic E-state index is 12.8. The van der Waals surface area contributed by atoms with Crippen molar-refractivity contribution in [2.75, 3.05) is 6.61 Å². The van der Waals surface area contributed by atoms with E-state index >= 15 is 0 Å². The van der Waals surface area contributed by atoms with Crippen molar-refractivity contribution in [1.82, 2.24) is 0 Å². The lowest BCUT2D eigenvalue weighted by molar-refractivity contribution is -0.297. The van der Waals surface area contributed by atoms with Gasteiger partial charge in [-0.3, -0.25) is 19.2 Å². The smallest absolute Gasteiger partial charge is 0.306 e. The van der Waals surface area contributed by atoms with Gasteiger partial charge in [0.2, 0.25) is 0 Å². The summed E-state index contributed by atoms with van der Waals surface area (Å²) in [7, 11) is 0. The summed E-state index contributed by atoms with van der Waals surface area (Å²) in [6.07, 6.45) is -4.41. The minimum Gasteiger partial charge on any atom is -0.463 e. The Labute approximate surface area is 214 Å². The summed E-state index contributed by atoms with van der Waals surface area (Å²) in [6, 6.07) is 0. The van der Waals surface area contributed by atoms with Gasteiger partial charge in [-0.2, -0.15) is 0 Å². The summed E-state index contributed by atoms with van der Waals surface area (Å²) in [4.78, 5) is 49.5. The van der Waals surface area contributed by atoms with Crippen LogP contribution in [-0.4, -0.2) is 66.3 Å². The third-order valence-corrected chi connectivity index (χ3v) is 6.50. The van der Waals surface area contributed by atoms with Crippen molar-refractivity contribution in [3.8, 4) is 0 Å². The molecule has 0 unspecified atom stereocenters. The molecule has 1 N–H and O–H groups in total. The van der Waals surface area contributed by atoms with Crippen molar-refractivity contribution < 1.29 is 48.0 Å². The van der Waals surface area contributed by atoms with Gasteiger partial charge >= 0.3 is 23.9 Å². The number of ether oxygens (including phenoxy) is 5. The highest BCUT2D eigenvalue weighted by atomic mass is 16.7. The summed E-state index contributed by atoms with van der Waals surface area (Å²) >= 11 is 0. The van der Waals surface area contributed by atoms with Crippen molar-refractivity contribution in [2.24, 2.45) is 17.8 Å². The molecule has 0 aromatic carbocycles. The normalized spacial score (nSPS) is 26.3. The maximum Gasteiger partial charge on any atom is 0.306 e. The average Bonchev–Trinajstić information content (AvgIpc) is 2.81. The number of aliphatic hydroxyl groups excluding tert-OH is 1. The van der Waals surface area contributed by atoms with E-state index in [4.69, 9.17) is 23.7 Å². The molecular weight excluding hydrogens is 472 g/mol. The van der Waals surface area contributed by atoms with E-state index in [2.05, 4.69) is 0 Å². The van der Waals surface area contributed by atoms with Crippen LogP contribution in [0.2, 0.25) is 0 Å². The molecule has 0 amide bonds. The number of hydrogen-bond acceptors (Lipinski definition) is 10. The third-order valence-electron chi connectivity index (χ3n) is 6.50. The lowest BCUT2D eigenvalue weighted by Gasteiger charge is -2.43. The fourth-order valence-electron chi connectivity index (χ4n) is 3.52. The molecule has 1 saturated heterocycles. The van der Waals surface area contributed by atoms with Crippen LogP contribution in [0.4, 0.5) is 0 Å². The highest BCUT2D eigenvalue weighted by Gasteiger charge is 2.52. The zero-order chi connectivity index (χ0) is 27.4. The van der Waals surface area contributed by atoms with Gasteiger partial charge in [0, 0.05) is 26.2 Å². The molecule has 0 spiro atoms. The fraction of sp³-hybridized carbons (Fsp3) is 0.846. The van der Waals surface area contributed by atoms with E-state index in [1.54, 1.807) is 0 Å².